The molecule has 74 valence electrons. The van der Waals surface area contributed by atoms with Gasteiger partial charge in [0.05, 0.1) is 0 Å². The van der Waals surface area contributed by atoms with Gasteiger partial charge < -0.3 is 5.32 Å². The summed E-state index contributed by atoms with van der Waals surface area (Å²) in [4.78, 5) is 8.71. The minimum atomic E-state index is 0.560. The summed E-state index contributed by atoms with van der Waals surface area (Å²) in [6, 6.07) is 2.43. The number of nitrogens with one attached hydrogen (secondary N) is 1. The Kier molecular flexibility index (Phi) is 1.87. The highest BCUT2D eigenvalue weighted by molar-refractivity contribution is 6.29. The Bertz CT molecular complexity index is 358. The van der Waals surface area contributed by atoms with Crippen LogP contribution in [-0.4, -0.2) is 16.0 Å². The van der Waals surface area contributed by atoms with E-state index >= 15 is 0 Å². The van der Waals surface area contributed by atoms with Gasteiger partial charge >= 0.3 is 0 Å². The van der Waals surface area contributed by atoms with E-state index in [2.05, 4.69) is 15.3 Å². The average molecular weight is 210 g/mol. The van der Waals surface area contributed by atoms with Gasteiger partial charge in [-0.1, -0.05) is 11.6 Å². The molecule has 1 aromatic heterocycles. The third-order valence-corrected chi connectivity index (χ3v) is 2.78. The van der Waals surface area contributed by atoms with Crippen LogP contribution in [0.3, 0.4) is 0 Å². The normalized spacial score (nSPS) is 20.9. The SMILES string of the molecule is Clc1cc(NC2CC2)nc(C2CC2)n1. The van der Waals surface area contributed by atoms with Gasteiger partial charge in [0.25, 0.3) is 0 Å². The molecule has 0 aromatic carbocycles. The highest BCUT2D eigenvalue weighted by atomic mass is 35.5. The first-order chi connectivity index (χ1) is 6.81. The maximum absolute atomic E-state index is 5.93. The minimum absolute atomic E-state index is 0.560. The second-order valence-electron chi connectivity index (χ2n) is 4.13. The lowest BCUT2D eigenvalue weighted by Crippen LogP contribution is -2.05. The molecule has 0 unspecified atom stereocenters. The van der Waals surface area contributed by atoms with Gasteiger partial charge in [-0.2, -0.15) is 0 Å². The van der Waals surface area contributed by atoms with E-state index in [0.717, 1.165) is 11.6 Å². The van der Waals surface area contributed by atoms with Gasteiger partial charge in [-0.05, 0) is 25.7 Å². The first kappa shape index (κ1) is 8.48. The quantitative estimate of drug-likeness (QED) is 0.778. The number of aromatic nitrogens is 2. The van der Waals surface area contributed by atoms with Crippen molar-refractivity contribution in [3.8, 4) is 0 Å². The van der Waals surface area contributed by atoms with E-state index in [1.165, 1.54) is 25.7 Å². The van der Waals surface area contributed by atoms with Gasteiger partial charge in [0.1, 0.15) is 16.8 Å². The van der Waals surface area contributed by atoms with Crippen molar-refractivity contribution >= 4 is 17.4 Å². The van der Waals surface area contributed by atoms with Crippen LogP contribution in [0.15, 0.2) is 6.07 Å². The zero-order chi connectivity index (χ0) is 9.54. The van der Waals surface area contributed by atoms with Crippen molar-refractivity contribution in [2.75, 3.05) is 5.32 Å². The Balaban J connectivity index is 1.85. The van der Waals surface area contributed by atoms with Crippen LogP contribution in [-0.2, 0) is 0 Å². The molecular formula is C10H12ClN3. The summed E-state index contributed by atoms with van der Waals surface area (Å²) in [5, 5.41) is 3.90. The fraction of sp³-hybridized carbons (Fsp3) is 0.600. The van der Waals surface area contributed by atoms with Crippen LogP contribution >= 0.6 is 11.6 Å². The summed E-state index contributed by atoms with van der Waals surface area (Å²) in [6.45, 7) is 0. The molecule has 3 rings (SSSR count). The first-order valence-electron chi connectivity index (χ1n) is 5.12. The third-order valence-electron chi connectivity index (χ3n) is 2.58. The lowest BCUT2D eigenvalue weighted by atomic mass is 10.4. The molecule has 14 heavy (non-hydrogen) atoms. The zero-order valence-electron chi connectivity index (χ0n) is 7.83. The minimum Gasteiger partial charge on any atom is -0.367 e. The van der Waals surface area contributed by atoms with E-state index in [0.29, 0.717) is 17.1 Å². The molecule has 0 amide bonds. The summed E-state index contributed by atoms with van der Waals surface area (Å²) in [5.41, 5.74) is 0. The molecule has 0 saturated heterocycles. The van der Waals surface area contributed by atoms with Crippen molar-refractivity contribution in [2.45, 2.75) is 37.6 Å². The van der Waals surface area contributed by atoms with Crippen LogP contribution in [0.25, 0.3) is 0 Å². The van der Waals surface area contributed by atoms with E-state index < -0.39 is 0 Å². The fourth-order valence-electron chi connectivity index (χ4n) is 1.47. The lowest BCUT2D eigenvalue weighted by molar-refractivity contribution is 0.921. The summed E-state index contributed by atoms with van der Waals surface area (Å²) in [7, 11) is 0. The Morgan fingerprint density at radius 1 is 1.21 bits per heavy atom. The predicted octanol–water partition coefficient (Wildman–Crippen LogP) is 2.58. The van der Waals surface area contributed by atoms with E-state index in [4.69, 9.17) is 11.6 Å². The molecule has 1 N–H and O–H groups in total. The molecule has 4 heteroatoms. The van der Waals surface area contributed by atoms with Crippen LogP contribution in [0, 0.1) is 0 Å². The largest absolute Gasteiger partial charge is 0.367 e. The fourth-order valence-corrected chi connectivity index (χ4v) is 1.66. The molecule has 3 nitrogen and oxygen atoms in total. The summed E-state index contributed by atoms with van der Waals surface area (Å²) < 4.78 is 0. The van der Waals surface area contributed by atoms with Gasteiger partial charge in [-0.3, -0.25) is 0 Å². The average Bonchev–Trinajstić information content (AvgIpc) is 2.99. The van der Waals surface area contributed by atoms with Crippen molar-refractivity contribution in [3.63, 3.8) is 0 Å². The van der Waals surface area contributed by atoms with Gasteiger partial charge in [0.2, 0.25) is 0 Å². The maximum atomic E-state index is 5.93. The summed E-state index contributed by atoms with van der Waals surface area (Å²) in [6.07, 6.45) is 4.92. The summed E-state index contributed by atoms with van der Waals surface area (Å²) in [5.74, 6) is 2.38. The topological polar surface area (TPSA) is 37.8 Å². The van der Waals surface area contributed by atoms with E-state index in [-0.39, 0.29) is 0 Å². The van der Waals surface area contributed by atoms with Crippen LogP contribution in [0.2, 0.25) is 5.15 Å². The zero-order valence-corrected chi connectivity index (χ0v) is 8.59. The Hall–Kier alpha value is -0.830. The third kappa shape index (κ3) is 1.82. The second-order valence-corrected chi connectivity index (χ2v) is 4.51. The monoisotopic (exact) mass is 209 g/mol. The number of hydrogen-bond acceptors (Lipinski definition) is 3. The van der Waals surface area contributed by atoms with Crippen molar-refractivity contribution in [3.05, 3.63) is 17.0 Å². The number of hydrogen-bond donors (Lipinski definition) is 1. The van der Waals surface area contributed by atoms with Crippen LogP contribution in [0.1, 0.15) is 37.4 Å². The van der Waals surface area contributed by atoms with Crippen molar-refractivity contribution in [2.24, 2.45) is 0 Å². The van der Waals surface area contributed by atoms with Crippen LogP contribution in [0.5, 0.6) is 0 Å². The van der Waals surface area contributed by atoms with E-state index in [9.17, 15) is 0 Å². The first-order valence-corrected chi connectivity index (χ1v) is 5.50. The molecule has 2 saturated carbocycles. The molecule has 1 aromatic rings. The van der Waals surface area contributed by atoms with Gasteiger partial charge in [0.15, 0.2) is 0 Å². The standard InChI is InChI=1S/C10H12ClN3/c11-8-5-9(12-7-3-4-7)14-10(13-8)6-1-2-6/h5-7H,1-4H2,(H,12,13,14). The highest BCUT2D eigenvalue weighted by Gasteiger charge is 2.28. The van der Waals surface area contributed by atoms with Crippen LogP contribution in [0.4, 0.5) is 5.82 Å². The van der Waals surface area contributed by atoms with Gasteiger partial charge in [0, 0.05) is 18.0 Å². The Labute approximate surface area is 87.9 Å². The maximum Gasteiger partial charge on any atom is 0.135 e. The molecule has 0 radical (unpaired) electrons. The molecule has 0 atom stereocenters. The van der Waals surface area contributed by atoms with E-state index in [1.54, 1.807) is 0 Å². The van der Waals surface area contributed by atoms with Crippen LogP contribution < -0.4 is 5.32 Å². The molecular weight excluding hydrogens is 198 g/mol. The second kappa shape index (κ2) is 3.09. The number of anilines is 1. The Morgan fingerprint density at radius 3 is 2.64 bits per heavy atom. The predicted molar refractivity (Wildman–Crippen MR) is 55.7 cm³/mol. The molecule has 0 aliphatic heterocycles. The molecule has 2 aliphatic carbocycles. The molecule has 0 bridgehead atoms. The summed E-state index contributed by atoms with van der Waals surface area (Å²) >= 11 is 5.93. The van der Waals surface area contributed by atoms with Crippen molar-refractivity contribution in [1.29, 1.82) is 0 Å². The number of nitrogens with zero attached hydrogens (tertiary/aromatic N) is 2. The molecule has 0 spiro atoms. The highest BCUT2D eigenvalue weighted by Crippen LogP contribution is 2.39. The Morgan fingerprint density at radius 2 is 2.00 bits per heavy atom. The lowest BCUT2D eigenvalue weighted by Gasteiger charge is -2.05. The molecule has 2 aliphatic rings. The van der Waals surface area contributed by atoms with Gasteiger partial charge in [-0.15, -0.1) is 0 Å². The molecule has 2 fully saturated rings. The van der Waals surface area contributed by atoms with E-state index in [1.807, 2.05) is 6.07 Å². The number of rotatable bonds is 3. The van der Waals surface area contributed by atoms with Crippen molar-refractivity contribution in [1.82, 2.24) is 9.97 Å². The van der Waals surface area contributed by atoms with Gasteiger partial charge in [-0.25, -0.2) is 9.97 Å². The number of halogens is 1. The van der Waals surface area contributed by atoms with Crippen molar-refractivity contribution < 1.29 is 0 Å². The molecule has 1 heterocycles. The smallest absolute Gasteiger partial charge is 0.135 e.